The van der Waals surface area contributed by atoms with E-state index in [2.05, 4.69) is 6.92 Å². The Morgan fingerprint density at radius 3 is 3.14 bits per heavy atom. The van der Waals surface area contributed by atoms with Crippen LogP contribution in [-0.2, 0) is 12.8 Å². The maximum Gasteiger partial charge on any atom is 0.262 e. The van der Waals surface area contributed by atoms with Crippen LogP contribution in [0.4, 0.5) is 0 Å². The first-order valence-electron chi connectivity index (χ1n) is 5.02. The van der Waals surface area contributed by atoms with Crippen molar-refractivity contribution in [2.75, 3.05) is 0 Å². The second kappa shape index (κ2) is 4.03. The van der Waals surface area contributed by atoms with Crippen molar-refractivity contribution in [1.29, 1.82) is 0 Å². The van der Waals surface area contributed by atoms with Crippen LogP contribution in [-0.4, -0.2) is 5.24 Å². The molecular formula is C11H13ClOS. The Labute approximate surface area is 93.1 Å². The third kappa shape index (κ3) is 1.86. The average Bonchev–Trinajstić information content (AvgIpc) is 2.59. The van der Waals surface area contributed by atoms with Crippen molar-refractivity contribution in [1.82, 2.24) is 0 Å². The minimum Gasteiger partial charge on any atom is -0.275 e. The van der Waals surface area contributed by atoms with Gasteiger partial charge in [0.15, 0.2) is 0 Å². The van der Waals surface area contributed by atoms with Crippen molar-refractivity contribution >= 4 is 28.2 Å². The van der Waals surface area contributed by atoms with Gasteiger partial charge in [0, 0.05) is 4.88 Å². The van der Waals surface area contributed by atoms with Crippen molar-refractivity contribution in [3.63, 3.8) is 0 Å². The smallest absolute Gasteiger partial charge is 0.262 e. The Balaban J connectivity index is 2.25. The molecule has 14 heavy (non-hydrogen) atoms. The van der Waals surface area contributed by atoms with Gasteiger partial charge in [-0.25, -0.2) is 0 Å². The number of carbonyl (C=O) groups excluding carboxylic acids is 1. The summed E-state index contributed by atoms with van der Waals surface area (Å²) in [5.74, 6) is 0.801. The van der Waals surface area contributed by atoms with Gasteiger partial charge in [-0.05, 0) is 48.4 Å². The van der Waals surface area contributed by atoms with E-state index in [-0.39, 0.29) is 5.24 Å². The SMILES string of the molecule is CC[C@@H]1CCc2sc(C(=O)Cl)cc2C1. The summed E-state index contributed by atoms with van der Waals surface area (Å²) in [6, 6.07) is 1.98. The topological polar surface area (TPSA) is 17.1 Å². The maximum atomic E-state index is 11.0. The van der Waals surface area contributed by atoms with Crippen LogP contribution in [0.1, 0.15) is 39.9 Å². The van der Waals surface area contributed by atoms with Gasteiger partial charge >= 0.3 is 0 Å². The molecule has 0 saturated heterocycles. The molecule has 1 aliphatic carbocycles. The highest BCUT2D eigenvalue weighted by Gasteiger charge is 2.21. The van der Waals surface area contributed by atoms with Crippen LogP contribution in [0.15, 0.2) is 6.07 Å². The molecule has 0 aliphatic heterocycles. The Hall–Kier alpha value is -0.340. The van der Waals surface area contributed by atoms with Crippen LogP contribution in [0.5, 0.6) is 0 Å². The molecule has 0 amide bonds. The Morgan fingerprint density at radius 2 is 2.50 bits per heavy atom. The van der Waals surface area contributed by atoms with Gasteiger partial charge in [0.05, 0.1) is 4.88 Å². The number of thiophene rings is 1. The molecule has 1 aliphatic rings. The van der Waals surface area contributed by atoms with Gasteiger partial charge in [-0.15, -0.1) is 11.3 Å². The van der Waals surface area contributed by atoms with E-state index < -0.39 is 0 Å². The zero-order valence-electron chi connectivity index (χ0n) is 8.18. The number of hydrogen-bond acceptors (Lipinski definition) is 2. The summed E-state index contributed by atoms with van der Waals surface area (Å²) in [7, 11) is 0. The van der Waals surface area contributed by atoms with Gasteiger partial charge in [-0.3, -0.25) is 4.79 Å². The predicted molar refractivity (Wildman–Crippen MR) is 60.3 cm³/mol. The van der Waals surface area contributed by atoms with Crippen LogP contribution in [0.3, 0.4) is 0 Å². The van der Waals surface area contributed by atoms with Crippen LogP contribution in [0.25, 0.3) is 0 Å². The van der Waals surface area contributed by atoms with E-state index in [0.29, 0.717) is 4.88 Å². The summed E-state index contributed by atoms with van der Waals surface area (Å²) < 4.78 is 0. The van der Waals surface area contributed by atoms with Crippen LogP contribution < -0.4 is 0 Å². The molecule has 1 aromatic heterocycles. The molecule has 2 rings (SSSR count). The fraction of sp³-hybridized carbons (Fsp3) is 0.545. The standard InChI is InChI=1S/C11H13ClOS/c1-2-7-3-4-9-8(5-7)6-10(14-9)11(12)13/h6-7H,2-5H2,1H3/t7-/m1/s1. The summed E-state index contributed by atoms with van der Waals surface area (Å²) in [6.45, 7) is 2.23. The number of rotatable bonds is 2. The van der Waals surface area contributed by atoms with Crippen LogP contribution in [0, 0.1) is 5.92 Å². The molecule has 0 saturated carbocycles. The molecule has 76 valence electrons. The van der Waals surface area contributed by atoms with Gasteiger partial charge < -0.3 is 0 Å². The first-order chi connectivity index (χ1) is 6.70. The monoisotopic (exact) mass is 228 g/mol. The Kier molecular flexibility index (Phi) is 2.93. The molecule has 0 aromatic carbocycles. The fourth-order valence-corrected chi connectivity index (χ4v) is 3.25. The predicted octanol–water partition coefficient (Wildman–Crippen LogP) is 3.64. The van der Waals surface area contributed by atoms with Crippen molar-refractivity contribution in [3.8, 4) is 0 Å². The quantitative estimate of drug-likeness (QED) is 0.707. The summed E-state index contributed by atoms with van der Waals surface area (Å²) in [4.78, 5) is 13.1. The van der Waals surface area contributed by atoms with Crippen LogP contribution >= 0.6 is 22.9 Å². The van der Waals surface area contributed by atoms with Crippen molar-refractivity contribution < 1.29 is 4.79 Å². The summed E-state index contributed by atoms with van der Waals surface area (Å²) in [6.07, 6.45) is 4.76. The van der Waals surface area contributed by atoms with E-state index in [9.17, 15) is 4.79 Å². The van der Waals surface area contributed by atoms with Gasteiger partial charge in [0.1, 0.15) is 0 Å². The van der Waals surface area contributed by atoms with Crippen molar-refractivity contribution in [2.45, 2.75) is 32.6 Å². The molecule has 3 heteroatoms. The average molecular weight is 229 g/mol. The lowest BCUT2D eigenvalue weighted by Crippen LogP contribution is -2.10. The Morgan fingerprint density at radius 1 is 1.71 bits per heavy atom. The zero-order valence-corrected chi connectivity index (χ0v) is 9.75. The largest absolute Gasteiger partial charge is 0.275 e. The summed E-state index contributed by atoms with van der Waals surface area (Å²) >= 11 is 7.04. The minimum absolute atomic E-state index is 0.308. The third-order valence-corrected chi connectivity index (χ3v) is 4.51. The van der Waals surface area contributed by atoms with Gasteiger partial charge in [0.25, 0.3) is 5.24 Å². The summed E-state index contributed by atoms with van der Waals surface area (Å²) in [5.41, 5.74) is 1.36. The van der Waals surface area contributed by atoms with Gasteiger partial charge in [0.2, 0.25) is 0 Å². The molecule has 0 fully saturated rings. The molecular weight excluding hydrogens is 216 g/mol. The van der Waals surface area contributed by atoms with E-state index in [1.807, 2.05) is 6.07 Å². The maximum absolute atomic E-state index is 11.0. The second-order valence-corrected chi connectivity index (χ2v) is 5.33. The van der Waals surface area contributed by atoms with E-state index in [1.165, 1.54) is 23.3 Å². The van der Waals surface area contributed by atoms with Crippen molar-refractivity contribution in [2.24, 2.45) is 5.92 Å². The molecule has 0 N–H and O–H groups in total. The second-order valence-electron chi connectivity index (χ2n) is 3.85. The van der Waals surface area contributed by atoms with E-state index in [1.54, 1.807) is 11.3 Å². The molecule has 1 aromatic rings. The summed E-state index contributed by atoms with van der Waals surface area (Å²) in [5, 5.41) is -0.308. The number of aryl methyl sites for hydroxylation is 1. The Bertz CT molecular complexity index is 356. The van der Waals surface area contributed by atoms with E-state index >= 15 is 0 Å². The number of hydrogen-bond donors (Lipinski definition) is 0. The lowest BCUT2D eigenvalue weighted by Gasteiger charge is -2.19. The molecule has 1 heterocycles. The molecule has 0 bridgehead atoms. The molecule has 0 radical (unpaired) electrons. The highest BCUT2D eigenvalue weighted by Crippen LogP contribution is 2.33. The lowest BCUT2D eigenvalue weighted by atomic mass is 9.87. The number of carbonyl (C=O) groups is 1. The van der Waals surface area contributed by atoms with Crippen molar-refractivity contribution in [3.05, 3.63) is 21.4 Å². The third-order valence-electron chi connectivity index (χ3n) is 2.96. The molecule has 1 nitrogen and oxygen atoms in total. The van der Waals surface area contributed by atoms with E-state index in [4.69, 9.17) is 11.6 Å². The fourth-order valence-electron chi connectivity index (χ4n) is 2.04. The molecule has 0 unspecified atom stereocenters. The molecule has 1 atom stereocenters. The normalized spacial score (nSPS) is 20.6. The highest BCUT2D eigenvalue weighted by atomic mass is 35.5. The number of halogens is 1. The number of fused-ring (bicyclic) bond motifs is 1. The van der Waals surface area contributed by atoms with Gasteiger partial charge in [-0.1, -0.05) is 13.3 Å². The zero-order chi connectivity index (χ0) is 10.1. The molecule has 0 spiro atoms. The van der Waals surface area contributed by atoms with Gasteiger partial charge in [-0.2, -0.15) is 0 Å². The van der Waals surface area contributed by atoms with E-state index in [0.717, 1.165) is 18.8 Å². The first-order valence-corrected chi connectivity index (χ1v) is 6.21. The minimum atomic E-state index is -0.308. The first kappa shape index (κ1) is 10.2. The highest BCUT2D eigenvalue weighted by molar-refractivity contribution is 7.15. The lowest BCUT2D eigenvalue weighted by molar-refractivity contribution is 0.108. The van der Waals surface area contributed by atoms with Crippen LogP contribution in [0.2, 0.25) is 0 Å².